The Bertz CT molecular complexity index is 1100. The topological polar surface area (TPSA) is 123 Å². The van der Waals surface area contributed by atoms with Gasteiger partial charge in [0.15, 0.2) is 9.84 Å². The highest BCUT2D eigenvalue weighted by molar-refractivity contribution is 7.90. The molecule has 3 aromatic rings. The van der Waals surface area contributed by atoms with E-state index in [2.05, 4.69) is 25.8 Å². The minimum Gasteiger partial charge on any atom is -0.497 e. The molecule has 9 nitrogen and oxygen atoms in total. The number of nitrogens with zero attached hydrogens (tertiary/aromatic N) is 3. The Morgan fingerprint density at radius 1 is 1.00 bits per heavy atom. The second kappa shape index (κ2) is 8.65. The minimum absolute atomic E-state index is 0.0936. The maximum Gasteiger partial charge on any atom is 0.326 e. The van der Waals surface area contributed by atoms with Gasteiger partial charge in [0.1, 0.15) is 5.75 Å². The number of ether oxygens (including phenoxy) is 1. The standard InChI is InChI=1S/C19H19N5O4S/c1-13-17(12-29(26,27)16-10-8-15(28-2)9-11-16)21-18(24-23-13)22-19(25)20-14-6-4-3-5-7-14/h3-11H,12H2,1-2H3,(H2,20,21,22,24,25). The van der Waals surface area contributed by atoms with Crippen LogP contribution in [0.1, 0.15) is 11.4 Å². The van der Waals surface area contributed by atoms with Crippen molar-refractivity contribution in [2.45, 2.75) is 17.6 Å². The van der Waals surface area contributed by atoms with E-state index in [-0.39, 0.29) is 22.3 Å². The van der Waals surface area contributed by atoms with Gasteiger partial charge >= 0.3 is 6.03 Å². The Balaban J connectivity index is 1.75. The molecule has 29 heavy (non-hydrogen) atoms. The van der Waals surface area contributed by atoms with Crippen LogP contribution >= 0.6 is 0 Å². The van der Waals surface area contributed by atoms with Gasteiger partial charge in [0.2, 0.25) is 0 Å². The lowest BCUT2D eigenvalue weighted by Crippen LogP contribution is -2.22. The number of urea groups is 1. The first-order chi connectivity index (χ1) is 13.9. The van der Waals surface area contributed by atoms with Crippen molar-refractivity contribution < 1.29 is 17.9 Å². The number of para-hydroxylation sites is 1. The molecule has 0 radical (unpaired) electrons. The highest BCUT2D eigenvalue weighted by Crippen LogP contribution is 2.20. The number of aromatic nitrogens is 3. The molecule has 2 aromatic carbocycles. The summed E-state index contributed by atoms with van der Waals surface area (Å²) < 4.78 is 30.4. The number of carbonyl (C=O) groups is 1. The van der Waals surface area contributed by atoms with E-state index >= 15 is 0 Å². The highest BCUT2D eigenvalue weighted by atomic mass is 32.2. The Labute approximate surface area is 168 Å². The Hall–Kier alpha value is -3.53. The third-order valence-corrected chi connectivity index (χ3v) is 5.60. The summed E-state index contributed by atoms with van der Waals surface area (Å²) in [7, 11) is -2.17. The fourth-order valence-electron chi connectivity index (χ4n) is 2.43. The first-order valence-electron chi connectivity index (χ1n) is 8.57. The van der Waals surface area contributed by atoms with Gasteiger partial charge in [-0.3, -0.25) is 5.32 Å². The average molecular weight is 413 g/mol. The molecular weight excluding hydrogens is 394 g/mol. The summed E-state index contributed by atoms with van der Waals surface area (Å²) in [5, 5.41) is 12.8. The number of sulfone groups is 1. The number of carbonyl (C=O) groups excluding carboxylic acids is 1. The summed E-state index contributed by atoms with van der Waals surface area (Å²) in [4.78, 5) is 16.4. The number of methoxy groups -OCH3 is 1. The minimum atomic E-state index is -3.67. The van der Waals surface area contributed by atoms with Gasteiger partial charge < -0.3 is 10.1 Å². The number of anilines is 2. The smallest absolute Gasteiger partial charge is 0.326 e. The van der Waals surface area contributed by atoms with E-state index in [4.69, 9.17) is 4.74 Å². The van der Waals surface area contributed by atoms with E-state index < -0.39 is 15.9 Å². The van der Waals surface area contributed by atoms with Gasteiger partial charge in [-0.1, -0.05) is 18.2 Å². The lowest BCUT2D eigenvalue weighted by atomic mass is 10.3. The van der Waals surface area contributed by atoms with Crippen molar-refractivity contribution in [1.82, 2.24) is 15.2 Å². The van der Waals surface area contributed by atoms with Gasteiger partial charge in [0.05, 0.1) is 29.1 Å². The molecule has 2 N–H and O–H groups in total. The molecule has 150 valence electrons. The molecule has 0 fully saturated rings. The molecule has 3 rings (SSSR count). The van der Waals surface area contributed by atoms with Crippen LogP contribution in [0, 0.1) is 6.92 Å². The van der Waals surface area contributed by atoms with Crippen molar-refractivity contribution in [3.05, 3.63) is 66.0 Å². The molecule has 0 atom stereocenters. The number of benzene rings is 2. The number of hydrogen-bond acceptors (Lipinski definition) is 7. The number of nitrogens with one attached hydrogen (secondary N) is 2. The van der Waals surface area contributed by atoms with Gasteiger partial charge in [0, 0.05) is 5.69 Å². The second-order valence-electron chi connectivity index (χ2n) is 6.05. The Morgan fingerprint density at radius 2 is 1.69 bits per heavy atom. The van der Waals surface area contributed by atoms with Gasteiger partial charge in [0.25, 0.3) is 5.95 Å². The zero-order valence-corrected chi connectivity index (χ0v) is 16.6. The summed E-state index contributed by atoms with van der Waals surface area (Å²) in [5.41, 5.74) is 1.15. The fourth-order valence-corrected chi connectivity index (χ4v) is 3.78. The molecule has 0 saturated heterocycles. The molecule has 0 bridgehead atoms. The Morgan fingerprint density at radius 3 is 2.34 bits per heavy atom. The first-order valence-corrected chi connectivity index (χ1v) is 10.2. The van der Waals surface area contributed by atoms with Crippen LogP contribution < -0.4 is 15.4 Å². The van der Waals surface area contributed by atoms with Crippen LogP contribution in [0.25, 0.3) is 0 Å². The van der Waals surface area contributed by atoms with Crippen molar-refractivity contribution in [2.24, 2.45) is 0 Å². The predicted molar refractivity (Wildman–Crippen MR) is 108 cm³/mol. The van der Waals surface area contributed by atoms with Crippen LogP contribution in [0.5, 0.6) is 5.75 Å². The summed E-state index contributed by atoms with van der Waals surface area (Å²) in [5.74, 6) is 0.0825. The summed E-state index contributed by atoms with van der Waals surface area (Å²) >= 11 is 0. The van der Waals surface area contributed by atoms with Gasteiger partial charge in [-0.15, -0.1) is 5.10 Å². The third kappa shape index (κ3) is 5.26. The normalized spacial score (nSPS) is 11.0. The van der Waals surface area contributed by atoms with E-state index in [1.165, 1.54) is 19.2 Å². The SMILES string of the molecule is COc1ccc(S(=O)(=O)Cc2nc(NC(=O)Nc3ccccc3)nnc2C)cc1. The fraction of sp³-hybridized carbons (Fsp3) is 0.158. The maximum absolute atomic E-state index is 12.7. The van der Waals surface area contributed by atoms with E-state index in [1.54, 1.807) is 43.3 Å². The summed E-state index contributed by atoms with van der Waals surface area (Å²) in [6.45, 7) is 1.60. The molecular formula is C19H19N5O4S. The molecule has 0 aliphatic rings. The molecule has 0 spiro atoms. The number of aryl methyl sites for hydroxylation is 1. The lowest BCUT2D eigenvalue weighted by molar-refractivity contribution is 0.262. The average Bonchev–Trinajstić information content (AvgIpc) is 2.71. The molecule has 10 heteroatoms. The lowest BCUT2D eigenvalue weighted by Gasteiger charge is -2.09. The first kappa shape index (κ1) is 20.2. The van der Waals surface area contributed by atoms with Crippen LogP contribution in [0.3, 0.4) is 0 Å². The van der Waals surface area contributed by atoms with Crippen molar-refractivity contribution in [2.75, 3.05) is 17.7 Å². The molecule has 0 aliphatic heterocycles. The van der Waals surface area contributed by atoms with Crippen molar-refractivity contribution in [3.8, 4) is 5.75 Å². The Kier molecular flexibility index (Phi) is 6.03. The number of amides is 2. The van der Waals surface area contributed by atoms with Crippen LogP contribution in [0.4, 0.5) is 16.4 Å². The van der Waals surface area contributed by atoms with E-state index in [9.17, 15) is 13.2 Å². The van der Waals surface area contributed by atoms with Gasteiger partial charge in [-0.25, -0.2) is 18.2 Å². The van der Waals surface area contributed by atoms with E-state index in [0.29, 0.717) is 17.1 Å². The zero-order chi connectivity index (χ0) is 20.9. The van der Waals surface area contributed by atoms with Crippen molar-refractivity contribution in [1.29, 1.82) is 0 Å². The monoisotopic (exact) mass is 413 g/mol. The van der Waals surface area contributed by atoms with Gasteiger partial charge in [-0.2, -0.15) is 5.10 Å². The van der Waals surface area contributed by atoms with Gasteiger partial charge in [-0.05, 0) is 43.3 Å². The second-order valence-corrected chi connectivity index (χ2v) is 8.04. The van der Waals surface area contributed by atoms with Crippen molar-refractivity contribution >= 4 is 27.5 Å². The predicted octanol–water partition coefficient (Wildman–Crippen LogP) is 2.81. The number of hydrogen-bond donors (Lipinski definition) is 2. The molecule has 1 heterocycles. The molecule has 2 amide bonds. The van der Waals surface area contributed by atoms with Crippen LogP contribution in [-0.2, 0) is 15.6 Å². The largest absolute Gasteiger partial charge is 0.497 e. The maximum atomic E-state index is 12.7. The quantitative estimate of drug-likeness (QED) is 0.637. The summed E-state index contributed by atoms with van der Waals surface area (Å²) in [6, 6.07) is 14.3. The highest BCUT2D eigenvalue weighted by Gasteiger charge is 2.19. The van der Waals surface area contributed by atoms with Crippen LogP contribution in [-0.4, -0.2) is 36.7 Å². The molecule has 1 aromatic heterocycles. The summed E-state index contributed by atoms with van der Waals surface area (Å²) in [6.07, 6.45) is 0. The zero-order valence-electron chi connectivity index (χ0n) is 15.8. The molecule has 0 aliphatic carbocycles. The van der Waals surface area contributed by atoms with Crippen LogP contribution in [0.2, 0.25) is 0 Å². The van der Waals surface area contributed by atoms with Crippen LogP contribution in [0.15, 0.2) is 59.5 Å². The third-order valence-electron chi connectivity index (χ3n) is 3.96. The molecule has 0 saturated carbocycles. The molecule has 0 unspecified atom stereocenters. The van der Waals surface area contributed by atoms with Crippen molar-refractivity contribution in [3.63, 3.8) is 0 Å². The number of rotatable bonds is 6. The van der Waals surface area contributed by atoms with E-state index in [0.717, 1.165) is 0 Å². The van der Waals surface area contributed by atoms with E-state index in [1.807, 2.05) is 6.07 Å².